The minimum Gasteiger partial charge on any atom is -0.363 e. The molecule has 0 aromatic carbocycles. The smallest absolute Gasteiger partial charge is 0.348 e. The Labute approximate surface area is 112 Å². The van der Waals surface area contributed by atoms with Crippen LogP contribution in [0, 0.1) is 10.1 Å². The fraction of sp³-hybridized carbons (Fsp3) is 0.500. The van der Waals surface area contributed by atoms with E-state index >= 15 is 0 Å². The summed E-state index contributed by atoms with van der Waals surface area (Å²) in [7, 11) is 0. The average Bonchev–Trinajstić information content (AvgIpc) is 2.88. The van der Waals surface area contributed by atoms with Crippen molar-refractivity contribution < 1.29 is 14.5 Å². The van der Waals surface area contributed by atoms with E-state index in [9.17, 15) is 19.7 Å². The number of nitrogens with one attached hydrogen (secondary N) is 1. The van der Waals surface area contributed by atoms with Crippen LogP contribution >= 0.6 is 0 Å². The zero-order chi connectivity index (χ0) is 14.7. The lowest BCUT2D eigenvalue weighted by Crippen LogP contribution is -2.39. The Balaban J connectivity index is 2.08. The number of amides is 1. The molecule has 2 atom stereocenters. The number of ether oxygens (including phenoxy) is 1. The molecule has 20 heavy (non-hydrogen) atoms. The van der Waals surface area contributed by atoms with Gasteiger partial charge in [-0.3, -0.25) is 24.9 Å². The maximum absolute atomic E-state index is 11.5. The average molecular weight is 283 g/mol. The summed E-state index contributed by atoms with van der Waals surface area (Å²) in [5.41, 5.74) is 1.11. The molecule has 1 saturated heterocycles. The second kappa shape index (κ2) is 5.75. The Kier molecular flexibility index (Phi) is 4.05. The zero-order valence-corrected chi connectivity index (χ0v) is 10.4. The fourth-order valence-corrected chi connectivity index (χ4v) is 2.01. The number of carbonyl (C=O) groups excluding carboxylic acids is 1. The van der Waals surface area contributed by atoms with Gasteiger partial charge in [0.2, 0.25) is 0 Å². The van der Waals surface area contributed by atoms with Gasteiger partial charge in [0, 0.05) is 0 Å². The molecule has 0 radical (unpaired) electrons. The second-order valence-electron chi connectivity index (χ2n) is 4.34. The number of nitrogens with zero attached hydrogens (tertiary/aromatic N) is 3. The largest absolute Gasteiger partial charge is 0.363 e. The molecular weight excluding hydrogens is 270 g/mol. The lowest BCUT2D eigenvalue weighted by atomic mass is 10.2. The molecule has 1 aromatic rings. The molecule has 1 amide bonds. The number of carbonyl (C=O) groups is 1. The summed E-state index contributed by atoms with van der Waals surface area (Å²) in [6.07, 6.45) is 1.98. The lowest BCUT2D eigenvalue weighted by molar-refractivity contribution is -0.385. The van der Waals surface area contributed by atoms with E-state index in [1.54, 1.807) is 0 Å². The highest BCUT2D eigenvalue weighted by atomic mass is 16.6. The molecule has 0 spiro atoms. The van der Waals surface area contributed by atoms with E-state index in [0.29, 0.717) is 12.8 Å². The molecular formula is C10H13N5O5. The molecule has 1 fully saturated rings. The van der Waals surface area contributed by atoms with E-state index in [-0.39, 0.29) is 18.3 Å². The van der Waals surface area contributed by atoms with Crippen LogP contribution in [0.4, 0.5) is 5.69 Å². The van der Waals surface area contributed by atoms with Crippen molar-refractivity contribution in [2.24, 2.45) is 5.84 Å². The van der Waals surface area contributed by atoms with Crippen molar-refractivity contribution in [2.45, 2.75) is 31.6 Å². The molecule has 10 heteroatoms. The molecule has 1 aromatic heterocycles. The summed E-state index contributed by atoms with van der Waals surface area (Å²) in [5.74, 6) is 4.57. The van der Waals surface area contributed by atoms with Crippen molar-refractivity contribution in [3.8, 4) is 0 Å². The highest BCUT2D eigenvalue weighted by Crippen LogP contribution is 2.21. The van der Waals surface area contributed by atoms with Crippen molar-refractivity contribution in [3.05, 3.63) is 33.0 Å². The zero-order valence-electron chi connectivity index (χ0n) is 10.4. The van der Waals surface area contributed by atoms with Crippen molar-refractivity contribution in [3.63, 3.8) is 0 Å². The number of rotatable bonds is 4. The first-order chi connectivity index (χ1) is 9.51. The van der Waals surface area contributed by atoms with E-state index in [1.165, 1.54) is 0 Å². The fourth-order valence-electron chi connectivity index (χ4n) is 2.01. The van der Waals surface area contributed by atoms with Gasteiger partial charge in [0.25, 0.3) is 5.91 Å². The van der Waals surface area contributed by atoms with Crippen LogP contribution in [0.2, 0.25) is 0 Å². The SMILES string of the molecule is NNC(=O)C1CCC(Cn2cc([N+](=O)[O-])cnc2=O)O1. The predicted molar refractivity (Wildman–Crippen MR) is 65.4 cm³/mol. The third-order valence-electron chi connectivity index (χ3n) is 2.99. The first-order valence-electron chi connectivity index (χ1n) is 5.88. The number of hydrazine groups is 1. The van der Waals surface area contributed by atoms with E-state index in [1.807, 2.05) is 5.43 Å². The summed E-state index contributed by atoms with van der Waals surface area (Å²) in [6.45, 7) is 0.0991. The van der Waals surface area contributed by atoms with Crippen LogP contribution in [0.3, 0.4) is 0 Å². The third kappa shape index (κ3) is 2.97. The first-order valence-corrected chi connectivity index (χ1v) is 5.88. The van der Waals surface area contributed by atoms with E-state index in [2.05, 4.69) is 4.98 Å². The maximum Gasteiger partial charge on any atom is 0.348 e. The molecule has 2 unspecified atom stereocenters. The molecule has 1 aliphatic heterocycles. The third-order valence-corrected chi connectivity index (χ3v) is 2.99. The number of nitrogens with two attached hydrogens (primary N) is 1. The highest BCUT2D eigenvalue weighted by Gasteiger charge is 2.30. The van der Waals surface area contributed by atoms with Crippen molar-refractivity contribution >= 4 is 11.6 Å². The summed E-state index contributed by atoms with van der Waals surface area (Å²) >= 11 is 0. The number of aromatic nitrogens is 2. The highest BCUT2D eigenvalue weighted by molar-refractivity contribution is 5.80. The van der Waals surface area contributed by atoms with Crippen LogP contribution in [-0.4, -0.2) is 32.6 Å². The Morgan fingerprint density at radius 3 is 3.05 bits per heavy atom. The summed E-state index contributed by atoms with van der Waals surface area (Å²) in [6, 6.07) is 0. The Morgan fingerprint density at radius 1 is 1.65 bits per heavy atom. The molecule has 2 heterocycles. The molecule has 0 saturated carbocycles. The van der Waals surface area contributed by atoms with Crippen LogP contribution in [0.15, 0.2) is 17.2 Å². The van der Waals surface area contributed by atoms with Gasteiger partial charge >= 0.3 is 11.4 Å². The topological polar surface area (TPSA) is 142 Å². The molecule has 108 valence electrons. The van der Waals surface area contributed by atoms with Gasteiger partial charge in [-0.25, -0.2) is 10.6 Å². The van der Waals surface area contributed by atoms with Crippen molar-refractivity contribution in [1.82, 2.24) is 15.0 Å². The first kappa shape index (κ1) is 14.1. The normalized spacial score (nSPS) is 21.6. The van der Waals surface area contributed by atoms with Crippen LogP contribution in [0.5, 0.6) is 0 Å². The number of hydrogen-bond acceptors (Lipinski definition) is 7. The second-order valence-corrected chi connectivity index (χ2v) is 4.34. The van der Waals surface area contributed by atoms with E-state index in [4.69, 9.17) is 10.6 Å². The Hall–Kier alpha value is -2.33. The molecule has 10 nitrogen and oxygen atoms in total. The van der Waals surface area contributed by atoms with Gasteiger partial charge in [-0.2, -0.15) is 4.98 Å². The van der Waals surface area contributed by atoms with Crippen LogP contribution in [0.25, 0.3) is 0 Å². The van der Waals surface area contributed by atoms with Crippen molar-refractivity contribution in [1.29, 1.82) is 0 Å². The van der Waals surface area contributed by atoms with Gasteiger partial charge in [-0.15, -0.1) is 0 Å². The van der Waals surface area contributed by atoms with Crippen LogP contribution in [0.1, 0.15) is 12.8 Å². The standard InChI is InChI=1S/C10H13N5O5/c11-13-9(16)8-2-1-7(20-8)5-14-4-6(15(18)19)3-12-10(14)17/h3-4,7-8H,1-2,5,11H2,(H,13,16). The quantitative estimate of drug-likeness (QED) is 0.302. The van der Waals surface area contributed by atoms with E-state index in [0.717, 1.165) is 17.0 Å². The van der Waals surface area contributed by atoms with Crippen LogP contribution in [-0.2, 0) is 16.1 Å². The van der Waals surface area contributed by atoms with Crippen molar-refractivity contribution in [2.75, 3.05) is 0 Å². The van der Waals surface area contributed by atoms with Gasteiger partial charge in [0.15, 0.2) is 0 Å². The molecule has 0 aliphatic carbocycles. The Morgan fingerprint density at radius 2 is 2.40 bits per heavy atom. The minimum atomic E-state index is -0.660. The van der Waals surface area contributed by atoms with Crippen LogP contribution < -0.4 is 17.0 Å². The van der Waals surface area contributed by atoms with Gasteiger partial charge < -0.3 is 4.74 Å². The molecule has 3 N–H and O–H groups in total. The van der Waals surface area contributed by atoms with Gasteiger partial charge in [0.05, 0.1) is 23.8 Å². The summed E-state index contributed by atoms with van der Waals surface area (Å²) < 4.78 is 6.53. The predicted octanol–water partition coefficient (Wildman–Crippen LogP) is -1.31. The molecule has 1 aliphatic rings. The summed E-state index contributed by atoms with van der Waals surface area (Å²) in [4.78, 5) is 36.2. The molecule has 0 bridgehead atoms. The lowest BCUT2D eigenvalue weighted by Gasteiger charge is -2.13. The molecule has 2 rings (SSSR count). The van der Waals surface area contributed by atoms with Gasteiger partial charge in [0.1, 0.15) is 12.3 Å². The maximum atomic E-state index is 11.5. The minimum absolute atomic E-state index is 0.0991. The monoisotopic (exact) mass is 283 g/mol. The summed E-state index contributed by atoms with van der Waals surface area (Å²) in [5, 5.41) is 10.6. The van der Waals surface area contributed by atoms with Gasteiger partial charge in [-0.1, -0.05) is 0 Å². The van der Waals surface area contributed by atoms with Gasteiger partial charge in [-0.05, 0) is 12.8 Å². The Bertz CT molecular complexity index is 586. The number of hydrogen-bond donors (Lipinski definition) is 2. The number of nitro groups is 1. The van der Waals surface area contributed by atoms with E-state index < -0.39 is 22.6 Å².